The topological polar surface area (TPSA) is 99.4 Å². The Morgan fingerprint density at radius 1 is 1.19 bits per heavy atom. The number of carbonyl (C=O) groups is 1. The number of aryl methyl sites for hydroxylation is 1. The summed E-state index contributed by atoms with van der Waals surface area (Å²) in [6.45, 7) is 1.62. The standard InChI is InChI=1S/C16H9ClF2N4O4/c1-7-9(6-25-23-7)15(24)22-14-5-20-11(4-21-14)8-2-12-13(3-10(8)17)27-16(18,19)26-12/h2-6H,1H3,(H,21,22,24). The molecule has 4 rings (SSSR count). The number of fused-ring (bicyclic) bond motifs is 1. The van der Waals surface area contributed by atoms with Gasteiger partial charge < -0.3 is 19.3 Å². The van der Waals surface area contributed by atoms with Gasteiger partial charge in [-0.25, -0.2) is 4.98 Å². The van der Waals surface area contributed by atoms with Gasteiger partial charge in [-0.15, -0.1) is 8.78 Å². The van der Waals surface area contributed by atoms with Crippen molar-refractivity contribution < 1.29 is 27.6 Å². The minimum Gasteiger partial charge on any atom is -0.395 e. The summed E-state index contributed by atoms with van der Waals surface area (Å²) in [5, 5.41) is 6.29. The first-order chi connectivity index (χ1) is 12.8. The summed E-state index contributed by atoms with van der Waals surface area (Å²) in [6.07, 6.45) is 0.0993. The number of rotatable bonds is 3. The van der Waals surface area contributed by atoms with Crippen LogP contribution in [0.4, 0.5) is 14.6 Å². The molecule has 1 aromatic carbocycles. The highest BCUT2D eigenvalue weighted by Crippen LogP contribution is 2.45. The van der Waals surface area contributed by atoms with Crippen molar-refractivity contribution in [2.24, 2.45) is 0 Å². The molecule has 3 heterocycles. The van der Waals surface area contributed by atoms with Crippen LogP contribution in [0, 0.1) is 6.92 Å². The summed E-state index contributed by atoms with van der Waals surface area (Å²) in [7, 11) is 0. The van der Waals surface area contributed by atoms with E-state index in [2.05, 4.69) is 29.9 Å². The van der Waals surface area contributed by atoms with Gasteiger partial charge in [0.15, 0.2) is 17.3 Å². The number of nitrogens with zero attached hydrogens (tertiary/aromatic N) is 3. The number of nitrogens with one attached hydrogen (secondary N) is 1. The summed E-state index contributed by atoms with van der Waals surface area (Å²) < 4.78 is 39.8. The Morgan fingerprint density at radius 3 is 2.56 bits per heavy atom. The van der Waals surface area contributed by atoms with Crippen LogP contribution in [0.2, 0.25) is 5.02 Å². The molecule has 2 aromatic heterocycles. The largest absolute Gasteiger partial charge is 0.586 e. The fraction of sp³-hybridized carbons (Fsp3) is 0.125. The SMILES string of the molecule is Cc1nocc1C(=O)Nc1cnc(-c2cc3c(cc2Cl)OC(F)(F)O3)cn1. The minimum atomic E-state index is -3.75. The molecule has 0 radical (unpaired) electrons. The Balaban J connectivity index is 1.57. The Kier molecular flexibility index (Phi) is 3.92. The Hall–Kier alpha value is -3.27. The van der Waals surface area contributed by atoms with Gasteiger partial charge in [0.25, 0.3) is 5.91 Å². The van der Waals surface area contributed by atoms with Gasteiger partial charge in [-0.2, -0.15) is 0 Å². The predicted molar refractivity (Wildman–Crippen MR) is 87.9 cm³/mol. The van der Waals surface area contributed by atoms with Crippen LogP contribution < -0.4 is 14.8 Å². The number of carbonyl (C=O) groups excluding carboxylic acids is 1. The number of amides is 1. The van der Waals surface area contributed by atoms with Gasteiger partial charge in [0, 0.05) is 11.6 Å². The van der Waals surface area contributed by atoms with Crippen molar-refractivity contribution in [3.63, 3.8) is 0 Å². The average molecular weight is 395 g/mol. The lowest BCUT2D eigenvalue weighted by Crippen LogP contribution is -2.25. The number of hydrogen-bond acceptors (Lipinski definition) is 7. The molecule has 1 aliphatic heterocycles. The van der Waals surface area contributed by atoms with Crippen molar-refractivity contribution in [2.45, 2.75) is 13.2 Å². The second-order valence-corrected chi connectivity index (χ2v) is 5.91. The molecule has 0 bridgehead atoms. The number of anilines is 1. The van der Waals surface area contributed by atoms with Crippen molar-refractivity contribution in [3.8, 4) is 22.8 Å². The third kappa shape index (κ3) is 3.26. The minimum absolute atomic E-state index is 0.126. The molecule has 11 heteroatoms. The summed E-state index contributed by atoms with van der Waals surface area (Å²) >= 11 is 6.11. The molecule has 138 valence electrons. The quantitative estimate of drug-likeness (QED) is 0.723. The van der Waals surface area contributed by atoms with E-state index in [0.717, 1.165) is 0 Å². The lowest BCUT2D eigenvalue weighted by Gasteiger charge is -2.07. The average Bonchev–Trinajstić information content (AvgIpc) is 3.16. The van der Waals surface area contributed by atoms with E-state index >= 15 is 0 Å². The van der Waals surface area contributed by atoms with Gasteiger partial charge in [-0.3, -0.25) is 9.78 Å². The molecule has 0 saturated heterocycles. The second-order valence-electron chi connectivity index (χ2n) is 5.50. The van der Waals surface area contributed by atoms with E-state index < -0.39 is 12.2 Å². The van der Waals surface area contributed by atoms with Crippen LogP contribution in [-0.4, -0.2) is 27.3 Å². The molecule has 0 saturated carbocycles. The number of alkyl halides is 2. The molecule has 0 fully saturated rings. The van der Waals surface area contributed by atoms with Gasteiger partial charge in [0.05, 0.1) is 28.8 Å². The summed E-state index contributed by atoms with van der Waals surface area (Å²) in [5.41, 5.74) is 1.30. The fourth-order valence-corrected chi connectivity index (χ4v) is 2.64. The maximum atomic E-state index is 13.2. The van der Waals surface area contributed by atoms with E-state index in [1.165, 1.54) is 30.8 Å². The van der Waals surface area contributed by atoms with E-state index in [1.54, 1.807) is 6.92 Å². The number of benzene rings is 1. The third-order valence-corrected chi connectivity index (χ3v) is 3.97. The molecule has 27 heavy (non-hydrogen) atoms. The van der Waals surface area contributed by atoms with E-state index in [9.17, 15) is 13.6 Å². The molecule has 3 aromatic rings. The first kappa shape index (κ1) is 17.2. The number of aromatic nitrogens is 3. The maximum absolute atomic E-state index is 13.2. The smallest absolute Gasteiger partial charge is 0.395 e. The second kappa shape index (κ2) is 6.16. The molecule has 0 spiro atoms. The number of halogens is 3. The predicted octanol–water partition coefficient (Wildman–Crippen LogP) is 3.67. The molecule has 1 N–H and O–H groups in total. The third-order valence-electron chi connectivity index (χ3n) is 3.65. The highest BCUT2D eigenvalue weighted by Gasteiger charge is 2.43. The van der Waals surface area contributed by atoms with Crippen molar-refractivity contribution in [2.75, 3.05) is 5.32 Å². The van der Waals surface area contributed by atoms with Crippen LogP contribution in [0.1, 0.15) is 16.1 Å². The zero-order valence-electron chi connectivity index (χ0n) is 13.5. The zero-order chi connectivity index (χ0) is 19.2. The van der Waals surface area contributed by atoms with E-state index in [-0.39, 0.29) is 27.9 Å². The molecule has 0 atom stereocenters. The van der Waals surface area contributed by atoms with E-state index in [0.29, 0.717) is 17.0 Å². The Morgan fingerprint density at radius 2 is 1.93 bits per heavy atom. The van der Waals surface area contributed by atoms with Gasteiger partial charge >= 0.3 is 6.29 Å². The molecule has 1 amide bonds. The Labute approximate surface area is 155 Å². The lowest BCUT2D eigenvalue weighted by molar-refractivity contribution is -0.286. The lowest BCUT2D eigenvalue weighted by atomic mass is 10.1. The molecular weight excluding hydrogens is 386 g/mol. The highest BCUT2D eigenvalue weighted by molar-refractivity contribution is 6.33. The summed E-state index contributed by atoms with van der Waals surface area (Å²) in [6, 6.07) is 2.49. The number of hydrogen-bond donors (Lipinski definition) is 1. The fourth-order valence-electron chi connectivity index (χ4n) is 2.39. The van der Waals surface area contributed by atoms with Crippen LogP contribution >= 0.6 is 11.6 Å². The van der Waals surface area contributed by atoms with Crippen molar-refractivity contribution in [1.82, 2.24) is 15.1 Å². The van der Waals surface area contributed by atoms with Crippen LogP contribution in [0.5, 0.6) is 11.5 Å². The molecule has 1 aliphatic rings. The van der Waals surface area contributed by atoms with Gasteiger partial charge in [-0.1, -0.05) is 16.8 Å². The first-order valence-electron chi connectivity index (χ1n) is 7.46. The van der Waals surface area contributed by atoms with Crippen LogP contribution in [0.15, 0.2) is 35.3 Å². The molecule has 8 nitrogen and oxygen atoms in total. The van der Waals surface area contributed by atoms with Gasteiger partial charge in [-0.05, 0) is 13.0 Å². The first-order valence-corrected chi connectivity index (χ1v) is 7.84. The van der Waals surface area contributed by atoms with Crippen LogP contribution in [0.25, 0.3) is 11.3 Å². The van der Waals surface area contributed by atoms with Gasteiger partial charge in [0.1, 0.15) is 11.8 Å². The number of ether oxygens (including phenoxy) is 2. The Bertz CT molecular complexity index is 1040. The normalized spacial score (nSPS) is 14.2. The monoisotopic (exact) mass is 394 g/mol. The molecular formula is C16H9ClF2N4O4. The summed E-state index contributed by atoms with van der Waals surface area (Å²) in [4.78, 5) is 20.3. The highest BCUT2D eigenvalue weighted by atomic mass is 35.5. The van der Waals surface area contributed by atoms with Gasteiger partial charge in [0.2, 0.25) is 0 Å². The summed E-state index contributed by atoms with van der Waals surface area (Å²) in [5.74, 6) is -0.622. The van der Waals surface area contributed by atoms with Crippen molar-refractivity contribution >= 4 is 23.3 Å². The van der Waals surface area contributed by atoms with Crippen LogP contribution in [0.3, 0.4) is 0 Å². The molecule has 0 aliphatic carbocycles. The maximum Gasteiger partial charge on any atom is 0.586 e. The van der Waals surface area contributed by atoms with E-state index in [4.69, 9.17) is 16.1 Å². The zero-order valence-corrected chi connectivity index (χ0v) is 14.3. The van der Waals surface area contributed by atoms with Crippen molar-refractivity contribution in [1.29, 1.82) is 0 Å². The van der Waals surface area contributed by atoms with Crippen molar-refractivity contribution in [3.05, 3.63) is 47.1 Å². The van der Waals surface area contributed by atoms with E-state index in [1.807, 2.05) is 0 Å². The molecule has 0 unspecified atom stereocenters. The van der Waals surface area contributed by atoms with Crippen LogP contribution in [-0.2, 0) is 0 Å².